The fourth-order valence-electron chi connectivity index (χ4n) is 2.75. The molecule has 2 aromatic rings. The Morgan fingerprint density at radius 3 is 2.90 bits per heavy atom. The number of aromatic nitrogens is 2. The summed E-state index contributed by atoms with van der Waals surface area (Å²) in [5, 5.41) is 8.00. The zero-order chi connectivity index (χ0) is 14.7. The van der Waals surface area contributed by atoms with Gasteiger partial charge in [-0.15, -0.1) is 0 Å². The van der Waals surface area contributed by atoms with Crippen LogP contribution in [0.5, 0.6) is 0 Å². The van der Waals surface area contributed by atoms with Gasteiger partial charge in [0.25, 0.3) is 0 Å². The molecule has 1 N–H and O–H groups in total. The molecule has 0 spiro atoms. The Bertz CT molecular complexity index is 608. The summed E-state index contributed by atoms with van der Waals surface area (Å²) < 4.78 is 11.0. The number of nitrogens with zero attached hydrogens (tertiary/aromatic N) is 2. The van der Waals surface area contributed by atoms with E-state index in [1.807, 2.05) is 24.3 Å². The molecule has 1 saturated carbocycles. The average Bonchev–Trinajstić information content (AvgIpc) is 3.15. The summed E-state index contributed by atoms with van der Waals surface area (Å²) in [6, 6.07) is 7.52. The minimum absolute atomic E-state index is 0.363. The van der Waals surface area contributed by atoms with Crippen molar-refractivity contribution in [2.24, 2.45) is 0 Å². The van der Waals surface area contributed by atoms with Crippen LogP contribution >= 0.6 is 11.6 Å². The van der Waals surface area contributed by atoms with E-state index in [-0.39, 0.29) is 5.60 Å². The molecule has 0 amide bonds. The van der Waals surface area contributed by atoms with Crippen molar-refractivity contribution in [3.8, 4) is 0 Å². The van der Waals surface area contributed by atoms with E-state index in [0.717, 1.165) is 31.4 Å². The van der Waals surface area contributed by atoms with Gasteiger partial charge in [-0.1, -0.05) is 22.8 Å². The van der Waals surface area contributed by atoms with Gasteiger partial charge in [0.2, 0.25) is 11.7 Å². The normalized spacial score (nSPS) is 17.0. The number of benzene rings is 1. The molecule has 21 heavy (non-hydrogen) atoms. The van der Waals surface area contributed by atoms with Crippen LogP contribution in [-0.2, 0) is 16.9 Å². The first kappa shape index (κ1) is 14.4. The first-order valence-electron chi connectivity index (χ1n) is 7.09. The van der Waals surface area contributed by atoms with E-state index in [4.69, 9.17) is 20.9 Å². The Hall–Kier alpha value is -1.59. The first-order chi connectivity index (χ1) is 10.2. The lowest BCUT2D eigenvalue weighted by atomic mass is 10.0. The number of nitrogens with one attached hydrogen (secondary N) is 1. The van der Waals surface area contributed by atoms with E-state index in [2.05, 4.69) is 15.5 Å². The molecule has 1 aliphatic rings. The topological polar surface area (TPSA) is 60.2 Å². The van der Waals surface area contributed by atoms with Crippen LogP contribution in [0.1, 0.15) is 37.4 Å². The number of hydrogen-bond acceptors (Lipinski definition) is 5. The standard InChI is InChI=1S/C15H18ClN3O2/c1-20-15(7-2-3-8-15)14-18-13(21-19-14)10-17-12-6-4-5-11(16)9-12/h4-6,9,17H,2-3,7-8,10H2,1H3. The van der Waals surface area contributed by atoms with Gasteiger partial charge in [0.15, 0.2) is 0 Å². The monoisotopic (exact) mass is 307 g/mol. The average molecular weight is 308 g/mol. The Kier molecular flexibility index (Phi) is 4.12. The van der Waals surface area contributed by atoms with E-state index >= 15 is 0 Å². The summed E-state index contributed by atoms with van der Waals surface area (Å²) in [4.78, 5) is 4.47. The summed E-state index contributed by atoms with van der Waals surface area (Å²) >= 11 is 5.95. The summed E-state index contributed by atoms with van der Waals surface area (Å²) in [5.74, 6) is 1.21. The van der Waals surface area contributed by atoms with Crippen molar-refractivity contribution in [2.45, 2.75) is 37.8 Å². The van der Waals surface area contributed by atoms with Crippen LogP contribution < -0.4 is 5.32 Å². The highest BCUT2D eigenvalue weighted by atomic mass is 35.5. The largest absolute Gasteiger partial charge is 0.376 e. The third-order valence-corrected chi connectivity index (χ3v) is 4.18. The van der Waals surface area contributed by atoms with Crippen LogP contribution in [0.2, 0.25) is 5.02 Å². The molecule has 1 fully saturated rings. The van der Waals surface area contributed by atoms with Crippen molar-refractivity contribution in [1.82, 2.24) is 10.1 Å². The number of hydrogen-bond donors (Lipinski definition) is 1. The highest BCUT2D eigenvalue weighted by molar-refractivity contribution is 6.30. The Morgan fingerprint density at radius 1 is 1.38 bits per heavy atom. The summed E-state index contributed by atoms with van der Waals surface area (Å²) in [6.07, 6.45) is 4.17. The molecule has 0 unspecified atom stereocenters. The van der Waals surface area contributed by atoms with Gasteiger partial charge in [0, 0.05) is 17.8 Å². The molecule has 1 aromatic heterocycles. The molecule has 0 aliphatic heterocycles. The third-order valence-electron chi connectivity index (χ3n) is 3.95. The summed E-state index contributed by atoms with van der Waals surface area (Å²) in [6.45, 7) is 0.465. The quantitative estimate of drug-likeness (QED) is 0.911. The molecule has 1 heterocycles. The SMILES string of the molecule is COC1(c2noc(CNc3cccc(Cl)c3)n2)CCCC1. The second-order valence-corrected chi connectivity index (χ2v) is 5.72. The molecule has 6 heteroatoms. The van der Waals surface area contributed by atoms with E-state index in [0.29, 0.717) is 23.3 Å². The van der Waals surface area contributed by atoms with Gasteiger partial charge in [-0.3, -0.25) is 0 Å². The fourth-order valence-corrected chi connectivity index (χ4v) is 2.94. The molecule has 112 valence electrons. The third kappa shape index (κ3) is 3.04. The maximum Gasteiger partial charge on any atom is 0.246 e. The van der Waals surface area contributed by atoms with Gasteiger partial charge in [-0.05, 0) is 43.9 Å². The molecule has 5 nitrogen and oxygen atoms in total. The number of ether oxygens (including phenoxy) is 1. The van der Waals surface area contributed by atoms with Crippen molar-refractivity contribution in [3.63, 3.8) is 0 Å². The van der Waals surface area contributed by atoms with E-state index in [1.54, 1.807) is 7.11 Å². The smallest absolute Gasteiger partial charge is 0.246 e. The van der Waals surface area contributed by atoms with Crippen LogP contribution in [0.4, 0.5) is 5.69 Å². The predicted octanol–water partition coefficient (Wildman–Crippen LogP) is 3.75. The first-order valence-corrected chi connectivity index (χ1v) is 7.47. The minimum Gasteiger partial charge on any atom is -0.376 e. The van der Waals surface area contributed by atoms with Crippen molar-refractivity contribution in [1.29, 1.82) is 0 Å². The Morgan fingerprint density at radius 2 is 2.19 bits per heavy atom. The second-order valence-electron chi connectivity index (χ2n) is 5.28. The molecular formula is C15H18ClN3O2. The van der Waals surface area contributed by atoms with Crippen molar-refractivity contribution < 1.29 is 9.26 Å². The van der Waals surface area contributed by atoms with Crippen LogP contribution in [0.3, 0.4) is 0 Å². The molecular weight excluding hydrogens is 290 g/mol. The zero-order valence-electron chi connectivity index (χ0n) is 11.9. The molecule has 0 bridgehead atoms. The van der Waals surface area contributed by atoms with Gasteiger partial charge in [0.1, 0.15) is 5.60 Å². The zero-order valence-corrected chi connectivity index (χ0v) is 12.7. The number of methoxy groups -OCH3 is 1. The lowest BCUT2D eigenvalue weighted by Gasteiger charge is -2.22. The van der Waals surface area contributed by atoms with Gasteiger partial charge in [0.05, 0.1) is 6.54 Å². The van der Waals surface area contributed by atoms with Gasteiger partial charge < -0.3 is 14.6 Å². The lowest BCUT2D eigenvalue weighted by Crippen LogP contribution is -2.26. The van der Waals surface area contributed by atoms with Crippen LogP contribution in [0.15, 0.2) is 28.8 Å². The highest BCUT2D eigenvalue weighted by Crippen LogP contribution is 2.40. The number of rotatable bonds is 5. The van der Waals surface area contributed by atoms with Crippen molar-refractivity contribution in [2.75, 3.05) is 12.4 Å². The maximum atomic E-state index is 5.95. The van der Waals surface area contributed by atoms with E-state index in [9.17, 15) is 0 Å². The second kappa shape index (κ2) is 6.03. The minimum atomic E-state index is -0.363. The van der Waals surface area contributed by atoms with Crippen LogP contribution in [-0.4, -0.2) is 17.3 Å². The molecule has 1 aliphatic carbocycles. The summed E-state index contributed by atoms with van der Waals surface area (Å²) in [7, 11) is 1.71. The Balaban J connectivity index is 1.68. The number of halogens is 1. The fraction of sp³-hybridized carbons (Fsp3) is 0.467. The van der Waals surface area contributed by atoms with Gasteiger partial charge in [-0.25, -0.2) is 0 Å². The maximum absolute atomic E-state index is 5.95. The van der Waals surface area contributed by atoms with Gasteiger partial charge in [-0.2, -0.15) is 4.98 Å². The van der Waals surface area contributed by atoms with Crippen LogP contribution in [0.25, 0.3) is 0 Å². The molecule has 1 aromatic carbocycles. The molecule has 3 rings (SSSR count). The van der Waals surface area contributed by atoms with E-state index < -0.39 is 0 Å². The molecule has 0 saturated heterocycles. The Labute approximate surface area is 128 Å². The number of anilines is 1. The molecule has 0 atom stereocenters. The highest BCUT2D eigenvalue weighted by Gasteiger charge is 2.40. The lowest BCUT2D eigenvalue weighted by molar-refractivity contribution is -0.0178. The van der Waals surface area contributed by atoms with E-state index in [1.165, 1.54) is 0 Å². The van der Waals surface area contributed by atoms with Crippen molar-refractivity contribution in [3.05, 3.63) is 41.0 Å². The van der Waals surface area contributed by atoms with Crippen molar-refractivity contribution >= 4 is 17.3 Å². The van der Waals surface area contributed by atoms with Gasteiger partial charge >= 0.3 is 0 Å². The molecule has 0 radical (unpaired) electrons. The van der Waals surface area contributed by atoms with Crippen LogP contribution in [0, 0.1) is 0 Å². The summed E-state index contributed by atoms with van der Waals surface area (Å²) in [5.41, 5.74) is 0.558. The predicted molar refractivity (Wildman–Crippen MR) is 80.2 cm³/mol.